The number of benzene rings is 1. The molecule has 0 atom stereocenters. The third-order valence-electron chi connectivity index (χ3n) is 2.67. The van der Waals surface area contributed by atoms with Gasteiger partial charge in [-0.2, -0.15) is 0 Å². The van der Waals surface area contributed by atoms with Gasteiger partial charge in [0.2, 0.25) is 5.91 Å². The largest absolute Gasteiger partial charge is 0.465 e. The van der Waals surface area contributed by atoms with E-state index >= 15 is 0 Å². The first-order valence-corrected chi connectivity index (χ1v) is 5.75. The highest BCUT2D eigenvalue weighted by Crippen LogP contribution is 2.19. The molecule has 1 amide bonds. The normalized spacial score (nSPS) is 10.8. The Morgan fingerprint density at radius 3 is 2.50 bits per heavy atom. The van der Waals surface area contributed by atoms with Gasteiger partial charge in [0.1, 0.15) is 5.76 Å². The van der Waals surface area contributed by atoms with Crippen LogP contribution in [0.5, 0.6) is 0 Å². The van der Waals surface area contributed by atoms with E-state index in [1.54, 1.807) is 24.5 Å². The van der Waals surface area contributed by atoms with Crippen LogP contribution in [0, 0.1) is 13.8 Å². The van der Waals surface area contributed by atoms with Crippen molar-refractivity contribution in [3.8, 4) is 0 Å². The van der Waals surface area contributed by atoms with Gasteiger partial charge in [0, 0.05) is 11.8 Å². The van der Waals surface area contributed by atoms with Crippen molar-refractivity contribution in [1.29, 1.82) is 0 Å². The van der Waals surface area contributed by atoms with E-state index in [-0.39, 0.29) is 5.91 Å². The van der Waals surface area contributed by atoms with Crippen molar-refractivity contribution in [3.05, 3.63) is 59.6 Å². The molecule has 3 nitrogen and oxygen atoms in total. The Hall–Kier alpha value is -2.29. The van der Waals surface area contributed by atoms with Crippen LogP contribution in [-0.4, -0.2) is 5.91 Å². The molecule has 1 aromatic heterocycles. The Balaban J connectivity index is 2.08. The lowest BCUT2D eigenvalue weighted by Gasteiger charge is -2.09. The first-order chi connectivity index (χ1) is 8.66. The minimum absolute atomic E-state index is 0.163. The number of carbonyl (C=O) groups is 1. The van der Waals surface area contributed by atoms with Crippen LogP contribution in [0.15, 0.2) is 47.1 Å². The molecule has 92 valence electrons. The number of hydrogen-bond acceptors (Lipinski definition) is 2. The molecule has 1 aromatic carbocycles. The number of carbonyl (C=O) groups excluding carboxylic acids is 1. The molecule has 2 aromatic rings. The Morgan fingerprint density at radius 1 is 1.17 bits per heavy atom. The molecule has 0 spiro atoms. The molecule has 0 fully saturated rings. The van der Waals surface area contributed by atoms with Crippen LogP contribution in [0.1, 0.15) is 16.9 Å². The average Bonchev–Trinajstić information content (AvgIpc) is 2.84. The quantitative estimate of drug-likeness (QED) is 0.835. The standard InChI is InChI=1S/C15H15NO2/c1-11-5-3-6-12(2)15(11)16-14(17)9-8-13-7-4-10-18-13/h3-10H,1-2H3,(H,16,17). The molecule has 18 heavy (non-hydrogen) atoms. The molecule has 0 saturated heterocycles. The van der Waals surface area contributed by atoms with Gasteiger partial charge in [-0.05, 0) is 43.2 Å². The summed E-state index contributed by atoms with van der Waals surface area (Å²) in [4.78, 5) is 11.8. The molecule has 0 bridgehead atoms. The van der Waals surface area contributed by atoms with Crippen molar-refractivity contribution in [2.75, 3.05) is 5.32 Å². The van der Waals surface area contributed by atoms with E-state index in [1.807, 2.05) is 32.0 Å². The van der Waals surface area contributed by atoms with Gasteiger partial charge in [0.25, 0.3) is 0 Å². The number of amides is 1. The van der Waals surface area contributed by atoms with Crippen molar-refractivity contribution in [1.82, 2.24) is 0 Å². The van der Waals surface area contributed by atoms with Crippen LogP contribution >= 0.6 is 0 Å². The van der Waals surface area contributed by atoms with Crippen LogP contribution < -0.4 is 5.32 Å². The lowest BCUT2D eigenvalue weighted by molar-refractivity contribution is -0.111. The second-order valence-electron chi connectivity index (χ2n) is 4.10. The lowest BCUT2D eigenvalue weighted by atomic mass is 10.1. The number of rotatable bonds is 3. The van der Waals surface area contributed by atoms with Crippen LogP contribution in [0.4, 0.5) is 5.69 Å². The zero-order chi connectivity index (χ0) is 13.0. The fourth-order valence-corrected chi connectivity index (χ4v) is 1.72. The molecule has 1 heterocycles. The van der Waals surface area contributed by atoms with E-state index in [0.29, 0.717) is 5.76 Å². The first kappa shape index (κ1) is 12.2. The Morgan fingerprint density at radius 2 is 1.89 bits per heavy atom. The molecular weight excluding hydrogens is 226 g/mol. The van der Waals surface area contributed by atoms with Gasteiger partial charge in [-0.3, -0.25) is 4.79 Å². The van der Waals surface area contributed by atoms with Gasteiger partial charge < -0.3 is 9.73 Å². The van der Waals surface area contributed by atoms with Crippen LogP contribution in [0.3, 0.4) is 0 Å². The Labute approximate surface area is 106 Å². The Bertz CT molecular complexity index is 548. The van der Waals surface area contributed by atoms with Crippen molar-refractivity contribution < 1.29 is 9.21 Å². The highest BCUT2D eigenvalue weighted by atomic mass is 16.3. The molecule has 2 rings (SSSR count). The minimum atomic E-state index is -0.163. The molecule has 0 aliphatic heterocycles. The highest BCUT2D eigenvalue weighted by molar-refractivity contribution is 6.02. The molecule has 3 heteroatoms. The zero-order valence-electron chi connectivity index (χ0n) is 10.4. The number of para-hydroxylation sites is 1. The average molecular weight is 241 g/mol. The van der Waals surface area contributed by atoms with Gasteiger partial charge in [0.15, 0.2) is 0 Å². The van der Waals surface area contributed by atoms with E-state index in [0.717, 1.165) is 16.8 Å². The maximum absolute atomic E-state index is 11.8. The van der Waals surface area contributed by atoms with Crippen molar-refractivity contribution in [3.63, 3.8) is 0 Å². The second-order valence-corrected chi connectivity index (χ2v) is 4.10. The van der Waals surface area contributed by atoms with Gasteiger partial charge >= 0.3 is 0 Å². The van der Waals surface area contributed by atoms with Gasteiger partial charge in [-0.1, -0.05) is 18.2 Å². The summed E-state index contributed by atoms with van der Waals surface area (Å²) in [7, 11) is 0. The molecule has 0 aliphatic rings. The van der Waals surface area contributed by atoms with Crippen LogP contribution in [-0.2, 0) is 4.79 Å². The SMILES string of the molecule is Cc1cccc(C)c1NC(=O)C=Cc1ccco1. The summed E-state index contributed by atoms with van der Waals surface area (Å²) in [5.74, 6) is 0.496. The number of anilines is 1. The second kappa shape index (κ2) is 5.36. The summed E-state index contributed by atoms with van der Waals surface area (Å²) in [6.07, 6.45) is 4.68. The molecule has 0 radical (unpaired) electrons. The predicted molar refractivity (Wildman–Crippen MR) is 72.3 cm³/mol. The summed E-state index contributed by atoms with van der Waals surface area (Å²) in [5, 5.41) is 2.87. The van der Waals surface area contributed by atoms with E-state index in [2.05, 4.69) is 5.32 Å². The molecule has 1 N–H and O–H groups in total. The first-order valence-electron chi connectivity index (χ1n) is 5.75. The van der Waals surface area contributed by atoms with E-state index in [4.69, 9.17) is 4.42 Å². The number of hydrogen-bond donors (Lipinski definition) is 1. The van der Waals surface area contributed by atoms with E-state index < -0.39 is 0 Å². The van der Waals surface area contributed by atoms with E-state index in [1.165, 1.54) is 6.08 Å². The number of furan rings is 1. The molecule has 0 unspecified atom stereocenters. The molecule has 0 saturated carbocycles. The number of aryl methyl sites for hydroxylation is 2. The van der Waals surface area contributed by atoms with Crippen LogP contribution in [0.2, 0.25) is 0 Å². The van der Waals surface area contributed by atoms with Crippen molar-refractivity contribution in [2.45, 2.75) is 13.8 Å². The smallest absolute Gasteiger partial charge is 0.248 e. The zero-order valence-corrected chi connectivity index (χ0v) is 10.4. The topological polar surface area (TPSA) is 42.2 Å². The van der Waals surface area contributed by atoms with Crippen LogP contribution in [0.25, 0.3) is 6.08 Å². The third kappa shape index (κ3) is 2.88. The summed E-state index contributed by atoms with van der Waals surface area (Å²) < 4.78 is 5.11. The summed E-state index contributed by atoms with van der Waals surface area (Å²) in [6.45, 7) is 3.94. The van der Waals surface area contributed by atoms with E-state index in [9.17, 15) is 4.79 Å². The summed E-state index contributed by atoms with van der Waals surface area (Å²) in [6, 6.07) is 9.49. The fourth-order valence-electron chi connectivity index (χ4n) is 1.72. The van der Waals surface area contributed by atoms with Gasteiger partial charge in [0.05, 0.1) is 6.26 Å². The highest BCUT2D eigenvalue weighted by Gasteiger charge is 2.04. The lowest BCUT2D eigenvalue weighted by Crippen LogP contribution is -2.10. The molecule has 0 aliphatic carbocycles. The number of nitrogens with one attached hydrogen (secondary N) is 1. The van der Waals surface area contributed by atoms with Gasteiger partial charge in [-0.15, -0.1) is 0 Å². The molecular formula is C15H15NO2. The monoisotopic (exact) mass is 241 g/mol. The van der Waals surface area contributed by atoms with Crippen molar-refractivity contribution >= 4 is 17.7 Å². The Kier molecular flexibility index (Phi) is 3.63. The fraction of sp³-hybridized carbons (Fsp3) is 0.133. The summed E-state index contributed by atoms with van der Waals surface area (Å²) >= 11 is 0. The minimum Gasteiger partial charge on any atom is -0.465 e. The maximum Gasteiger partial charge on any atom is 0.248 e. The maximum atomic E-state index is 11.8. The van der Waals surface area contributed by atoms with Gasteiger partial charge in [-0.25, -0.2) is 0 Å². The predicted octanol–water partition coefficient (Wildman–Crippen LogP) is 3.55. The van der Waals surface area contributed by atoms with Crippen molar-refractivity contribution in [2.24, 2.45) is 0 Å². The summed E-state index contributed by atoms with van der Waals surface area (Å²) in [5.41, 5.74) is 2.97. The third-order valence-corrected chi connectivity index (χ3v) is 2.67.